The zero-order valence-corrected chi connectivity index (χ0v) is 11.7. The van der Waals surface area contributed by atoms with E-state index < -0.39 is 4.92 Å². The van der Waals surface area contributed by atoms with E-state index in [0.29, 0.717) is 24.9 Å². The lowest BCUT2D eigenvalue weighted by Crippen LogP contribution is -2.12. The number of pyridine rings is 1. The molecule has 0 amide bonds. The van der Waals surface area contributed by atoms with Crippen LogP contribution in [0.1, 0.15) is 25.8 Å². The summed E-state index contributed by atoms with van der Waals surface area (Å²) in [5.74, 6) is 1.31. The number of anilines is 1. The first-order valence-corrected chi connectivity index (χ1v) is 6.43. The van der Waals surface area contributed by atoms with Crippen LogP contribution in [0.5, 0.6) is 0 Å². The fourth-order valence-corrected chi connectivity index (χ4v) is 1.51. The summed E-state index contributed by atoms with van der Waals surface area (Å²) in [6.07, 6.45) is 2.31. The molecule has 19 heavy (non-hydrogen) atoms. The van der Waals surface area contributed by atoms with Crippen molar-refractivity contribution in [3.63, 3.8) is 0 Å². The van der Waals surface area contributed by atoms with Gasteiger partial charge in [-0.2, -0.15) is 0 Å². The van der Waals surface area contributed by atoms with Crippen molar-refractivity contribution in [3.8, 4) is 0 Å². The molecule has 0 aromatic carbocycles. The predicted octanol–water partition coefficient (Wildman–Crippen LogP) is 2.77. The van der Waals surface area contributed by atoms with Crippen LogP contribution in [0.4, 0.5) is 11.5 Å². The summed E-state index contributed by atoms with van der Waals surface area (Å²) in [5.41, 5.74) is 0.771. The molecule has 0 fully saturated rings. The second kappa shape index (κ2) is 7.68. The Bertz CT molecular complexity index is 422. The zero-order chi connectivity index (χ0) is 14.3. The van der Waals surface area contributed by atoms with Crippen LogP contribution in [-0.4, -0.2) is 29.7 Å². The average molecular weight is 267 g/mol. The van der Waals surface area contributed by atoms with Crippen molar-refractivity contribution in [1.82, 2.24) is 4.98 Å². The van der Waals surface area contributed by atoms with E-state index in [1.54, 1.807) is 6.92 Å². The molecule has 1 N–H and O–H groups in total. The van der Waals surface area contributed by atoms with Crippen molar-refractivity contribution >= 4 is 11.5 Å². The van der Waals surface area contributed by atoms with Gasteiger partial charge in [-0.1, -0.05) is 13.8 Å². The quantitative estimate of drug-likeness (QED) is 0.445. The lowest BCUT2D eigenvalue weighted by atomic mass is 10.1. The molecule has 6 heteroatoms. The summed E-state index contributed by atoms with van der Waals surface area (Å²) >= 11 is 0. The number of nitrogens with zero attached hydrogens (tertiary/aromatic N) is 2. The SMILES string of the molecule is Cc1cc([N+](=O)[O-])cnc1NCCOCCC(C)C. The van der Waals surface area contributed by atoms with Crippen LogP contribution in [-0.2, 0) is 4.74 Å². The van der Waals surface area contributed by atoms with Crippen LogP contribution in [0.25, 0.3) is 0 Å². The van der Waals surface area contributed by atoms with Gasteiger partial charge in [0, 0.05) is 19.2 Å². The highest BCUT2D eigenvalue weighted by atomic mass is 16.6. The monoisotopic (exact) mass is 267 g/mol. The standard InChI is InChI=1S/C13H21N3O3/c1-10(2)4-6-19-7-5-14-13-11(3)8-12(9-15-13)16(17)18/h8-10H,4-7H2,1-3H3,(H,14,15). The summed E-state index contributed by atoms with van der Waals surface area (Å²) in [6, 6.07) is 1.51. The maximum atomic E-state index is 10.6. The number of aryl methyl sites for hydroxylation is 1. The van der Waals surface area contributed by atoms with E-state index in [1.807, 2.05) is 0 Å². The molecule has 0 bridgehead atoms. The summed E-state index contributed by atoms with van der Waals surface area (Å²) in [6.45, 7) is 8.11. The van der Waals surface area contributed by atoms with E-state index in [2.05, 4.69) is 24.1 Å². The Morgan fingerprint density at radius 3 is 2.79 bits per heavy atom. The largest absolute Gasteiger partial charge is 0.380 e. The molecule has 6 nitrogen and oxygen atoms in total. The lowest BCUT2D eigenvalue weighted by molar-refractivity contribution is -0.385. The van der Waals surface area contributed by atoms with Crippen molar-refractivity contribution < 1.29 is 9.66 Å². The molecule has 0 saturated carbocycles. The molecule has 0 aliphatic heterocycles. The molecule has 0 aliphatic rings. The molecule has 0 radical (unpaired) electrons. The summed E-state index contributed by atoms with van der Waals surface area (Å²) in [7, 11) is 0. The molecule has 106 valence electrons. The second-order valence-electron chi connectivity index (χ2n) is 4.84. The summed E-state index contributed by atoms with van der Waals surface area (Å²) in [5, 5.41) is 13.7. The number of rotatable bonds is 8. The number of ether oxygens (including phenoxy) is 1. The van der Waals surface area contributed by atoms with E-state index in [0.717, 1.165) is 18.6 Å². The number of nitro groups is 1. The Morgan fingerprint density at radius 2 is 2.21 bits per heavy atom. The molecule has 1 heterocycles. The normalized spacial score (nSPS) is 10.7. The van der Waals surface area contributed by atoms with Crippen molar-refractivity contribution in [2.45, 2.75) is 27.2 Å². The van der Waals surface area contributed by atoms with Crippen LogP contribution >= 0.6 is 0 Å². The highest BCUT2D eigenvalue weighted by molar-refractivity contribution is 5.48. The van der Waals surface area contributed by atoms with Gasteiger partial charge < -0.3 is 10.1 Å². The maximum Gasteiger partial charge on any atom is 0.287 e. The van der Waals surface area contributed by atoms with Crippen molar-refractivity contribution in [1.29, 1.82) is 0 Å². The molecule has 0 saturated heterocycles. The average Bonchev–Trinajstić information content (AvgIpc) is 2.34. The van der Waals surface area contributed by atoms with Gasteiger partial charge in [-0.05, 0) is 24.8 Å². The topological polar surface area (TPSA) is 77.3 Å². The van der Waals surface area contributed by atoms with E-state index in [4.69, 9.17) is 4.74 Å². The van der Waals surface area contributed by atoms with E-state index in [9.17, 15) is 10.1 Å². The molecule has 0 aliphatic carbocycles. The third-order valence-corrected chi connectivity index (χ3v) is 2.65. The number of hydrogen-bond acceptors (Lipinski definition) is 5. The smallest absolute Gasteiger partial charge is 0.287 e. The minimum Gasteiger partial charge on any atom is -0.380 e. The van der Waals surface area contributed by atoms with Gasteiger partial charge in [0.2, 0.25) is 0 Å². The Labute approximate surface area is 113 Å². The summed E-state index contributed by atoms with van der Waals surface area (Å²) < 4.78 is 5.47. The lowest BCUT2D eigenvalue weighted by Gasteiger charge is -2.09. The molecule has 1 rings (SSSR count). The molecular weight excluding hydrogens is 246 g/mol. The van der Waals surface area contributed by atoms with Gasteiger partial charge in [0.25, 0.3) is 5.69 Å². The van der Waals surface area contributed by atoms with Crippen LogP contribution in [0, 0.1) is 23.0 Å². The Kier molecular flexibility index (Phi) is 6.21. The van der Waals surface area contributed by atoms with Gasteiger partial charge in [-0.25, -0.2) is 4.98 Å². The maximum absolute atomic E-state index is 10.6. The Hall–Kier alpha value is -1.69. The van der Waals surface area contributed by atoms with Gasteiger partial charge in [-0.15, -0.1) is 0 Å². The fraction of sp³-hybridized carbons (Fsp3) is 0.615. The van der Waals surface area contributed by atoms with Gasteiger partial charge in [0.1, 0.15) is 12.0 Å². The third kappa shape index (κ3) is 5.65. The third-order valence-electron chi connectivity index (χ3n) is 2.65. The highest BCUT2D eigenvalue weighted by Crippen LogP contribution is 2.17. The van der Waals surface area contributed by atoms with Gasteiger partial charge >= 0.3 is 0 Å². The molecule has 1 aromatic rings. The molecule has 0 unspecified atom stereocenters. The fourth-order valence-electron chi connectivity index (χ4n) is 1.51. The number of aromatic nitrogens is 1. The van der Waals surface area contributed by atoms with Gasteiger partial charge in [0.05, 0.1) is 11.5 Å². The Morgan fingerprint density at radius 1 is 1.47 bits per heavy atom. The number of hydrogen-bond donors (Lipinski definition) is 1. The van der Waals surface area contributed by atoms with Crippen molar-refractivity contribution in [2.75, 3.05) is 25.1 Å². The highest BCUT2D eigenvalue weighted by Gasteiger charge is 2.08. The van der Waals surface area contributed by atoms with Crippen LogP contribution in [0.15, 0.2) is 12.3 Å². The van der Waals surface area contributed by atoms with E-state index in [-0.39, 0.29) is 5.69 Å². The first-order valence-electron chi connectivity index (χ1n) is 6.43. The Balaban J connectivity index is 2.32. The minimum absolute atomic E-state index is 0.0104. The van der Waals surface area contributed by atoms with E-state index in [1.165, 1.54) is 12.3 Å². The predicted molar refractivity (Wildman–Crippen MR) is 74.4 cm³/mol. The van der Waals surface area contributed by atoms with E-state index >= 15 is 0 Å². The van der Waals surface area contributed by atoms with Gasteiger partial charge in [0.15, 0.2) is 0 Å². The van der Waals surface area contributed by atoms with Crippen molar-refractivity contribution in [2.24, 2.45) is 5.92 Å². The van der Waals surface area contributed by atoms with Crippen molar-refractivity contribution in [3.05, 3.63) is 27.9 Å². The zero-order valence-electron chi connectivity index (χ0n) is 11.7. The molecule has 0 atom stereocenters. The molecule has 0 spiro atoms. The van der Waals surface area contributed by atoms with Gasteiger partial charge in [-0.3, -0.25) is 10.1 Å². The second-order valence-corrected chi connectivity index (χ2v) is 4.84. The van der Waals surface area contributed by atoms with Crippen LogP contribution in [0.3, 0.4) is 0 Å². The first-order chi connectivity index (χ1) is 9.00. The van der Waals surface area contributed by atoms with Crippen LogP contribution < -0.4 is 5.32 Å². The first kappa shape index (κ1) is 15.4. The molecular formula is C13H21N3O3. The minimum atomic E-state index is -0.446. The summed E-state index contributed by atoms with van der Waals surface area (Å²) in [4.78, 5) is 14.2. The number of nitrogens with one attached hydrogen (secondary N) is 1. The van der Waals surface area contributed by atoms with Crippen LogP contribution in [0.2, 0.25) is 0 Å². The molecule has 1 aromatic heterocycles.